The van der Waals surface area contributed by atoms with Crippen LogP contribution in [0.25, 0.3) is 0 Å². The highest BCUT2D eigenvalue weighted by molar-refractivity contribution is 5.75. The van der Waals surface area contributed by atoms with Crippen molar-refractivity contribution in [3.8, 4) is 0 Å². The number of aliphatic hydroxyl groups is 4. The van der Waals surface area contributed by atoms with Crippen LogP contribution in [0.4, 0.5) is 4.79 Å². The van der Waals surface area contributed by atoms with Crippen LogP contribution < -0.4 is 5.73 Å². The molecule has 11 heteroatoms. The summed E-state index contributed by atoms with van der Waals surface area (Å²) in [4.78, 5) is 35.7. The second kappa shape index (κ2) is 23.0. The minimum Gasteiger partial charge on any atom is -0.465 e. The Morgan fingerprint density at radius 1 is 0.925 bits per heavy atom. The lowest BCUT2D eigenvalue weighted by Crippen LogP contribution is -2.47. The highest BCUT2D eigenvalue weighted by Crippen LogP contribution is 2.31. The van der Waals surface area contributed by atoms with Crippen LogP contribution in [0.3, 0.4) is 0 Å². The maximum Gasteiger partial charge on any atom is 0.404 e. The Kier molecular flexibility index (Phi) is 20.9. The summed E-state index contributed by atoms with van der Waals surface area (Å²) in [6, 6.07) is 0. The molecule has 6 N–H and O–H groups in total. The van der Waals surface area contributed by atoms with E-state index in [1.807, 2.05) is 92.7 Å². The molecule has 304 valence electrons. The van der Waals surface area contributed by atoms with Gasteiger partial charge >= 0.3 is 18.0 Å². The summed E-state index contributed by atoms with van der Waals surface area (Å²) in [7, 11) is 0. The van der Waals surface area contributed by atoms with E-state index in [4.69, 9.17) is 19.9 Å². The summed E-state index contributed by atoms with van der Waals surface area (Å²) < 4.78 is 16.2. The fourth-order valence-corrected chi connectivity index (χ4v) is 6.71. The Morgan fingerprint density at radius 3 is 2.17 bits per heavy atom. The zero-order valence-electron chi connectivity index (χ0n) is 34.1. The smallest absolute Gasteiger partial charge is 0.404 e. The second-order valence-corrected chi connectivity index (χ2v) is 16.5. The highest BCUT2D eigenvalue weighted by atomic mass is 16.6. The number of amides is 1. The second-order valence-electron chi connectivity index (χ2n) is 16.5. The summed E-state index contributed by atoms with van der Waals surface area (Å²) in [6.07, 6.45) is 10.8. The molecule has 0 unspecified atom stereocenters. The maximum atomic E-state index is 12.0. The first-order valence-electron chi connectivity index (χ1n) is 19.3. The van der Waals surface area contributed by atoms with Gasteiger partial charge in [0, 0.05) is 36.0 Å². The van der Waals surface area contributed by atoms with Gasteiger partial charge in [-0.15, -0.1) is 0 Å². The lowest BCUT2D eigenvalue weighted by atomic mass is 9.81. The van der Waals surface area contributed by atoms with Crippen molar-refractivity contribution in [3.05, 3.63) is 48.1 Å². The van der Waals surface area contributed by atoms with E-state index in [1.165, 1.54) is 0 Å². The molecule has 0 aliphatic carbocycles. The van der Waals surface area contributed by atoms with Crippen molar-refractivity contribution in [1.82, 2.24) is 0 Å². The standard InChI is InChI=1S/C42H71NO10/c1-25(22-28(4)35(45)26(2)19-20-33(44)24-34-30(6)37(47)32(8)39(48)52-34)23-29(5)36(46)31(7)38(53-41(43)50)27(3)18-16-14-12-13-15-17-21-51-40(49)42(9,10)11/h12,14,16,18-20,22,26-38,44-47H,13,15,17,21,23-24H2,1-11H3,(H2,43,50)/b14-12+,18-16-,20-19-,25-22-/t26-,27-,28-,29-,30-,31-,32+,33+,34-,35-,36+,37-,38-/m0/s1. The molecule has 0 saturated carbocycles. The number of esters is 2. The van der Waals surface area contributed by atoms with Crippen LogP contribution in [0, 0.1) is 46.8 Å². The first kappa shape index (κ1) is 48.0. The predicted octanol–water partition coefficient (Wildman–Crippen LogP) is 6.43. The number of rotatable bonds is 21. The van der Waals surface area contributed by atoms with Crippen molar-refractivity contribution in [1.29, 1.82) is 0 Å². The third-order valence-corrected chi connectivity index (χ3v) is 10.3. The molecule has 0 aromatic carbocycles. The van der Waals surface area contributed by atoms with Crippen molar-refractivity contribution < 1.29 is 49.0 Å². The van der Waals surface area contributed by atoms with Gasteiger partial charge < -0.3 is 40.4 Å². The average molecular weight is 750 g/mol. The number of cyclic esters (lactones) is 1. The number of carbonyl (C=O) groups excluding carboxylic acids is 3. The number of primary amides is 1. The highest BCUT2D eigenvalue weighted by Gasteiger charge is 2.41. The lowest BCUT2D eigenvalue weighted by molar-refractivity contribution is -0.179. The Labute approximate surface area is 318 Å². The zero-order chi connectivity index (χ0) is 40.6. The lowest BCUT2D eigenvalue weighted by Gasteiger charge is -2.36. The molecule has 13 atom stereocenters. The Balaban J connectivity index is 2.70. The third-order valence-electron chi connectivity index (χ3n) is 10.3. The summed E-state index contributed by atoms with van der Waals surface area (Å²) in [5.41, 5.74) is 5.91. The molecule has 0 radical (unpaired) electrons. The van der Waals surface area contributed by atoms with Crippen LogP contribution in [0.2, 0.25) is 0 Å². The Morgan fingerprint density at radius 2 is 1.57 bits per heavy atom. The minimum atomic E-state index is -0.909. The van der Waals surface area contributed by atoms with Crippen molar-refractivity contribution in [3.63, 3.8) is 0 Å². The van der Waals surface area contributed by atoms with Gasteiger partial charge in [0.2, 0.25) is 0 Å². The molecular weight excluding hydrogens is 678 g/mol. The largest absolute Gasteiger partial charge is 0.465 e. The molecule has 1 heterocycles. The number of aliphatic hydroxyl groups excluding tert-OH is 4. The SMILES string of the molecule is C/C(=C/[C@H](C)[C@@H](O)[C@@H](C)/C=C\[C@@H](O)C[C@@H]1OC(=O)[C@H](C)[C@@H](O)[C@H]1C)C[C@H](C)[C@@H](O)[C@H](C)[C@@H](OC(N)=O)[C@@H](C)/C=C\C=C\CCCCOC(=O)C(C)(C)C. The summed E-state index contributed by atoms with van der Waals surface area (Å²) in [5, 5.41) is 43.3. The number of carbonyl (C=O) groups is 3. The number of allylic oxidation sites excluding steroid dienone is 4. The number of unbranched alkanes of at least 4 members (excludes halogenated alkanes) is 2. The number of nitrogens with two attached hydrogens (primary N) is 1. The molecular formula is C42H71NO10. The van der Waals surface area contributed by atoms with Gasteiger partial charge in [0.15, 0.2) is 0 Å². The molecule has 1 aliphatic heterocycles. The van der Waals surface area contributed by atoms with Gasteiger partial charge in [0.1, 0.15) is 12.2 Å². The third kappa shape index (κ3) is 16.9. The van der Waals surface area contributed by atoms with Crippen molar-refractivity contribution in [2.75, 3.05) is 6.61 Å². The van der Waals surface area contributed by atoms with Gasteiger partial charge in [0.05, 0.1) is 42.4 Å². The van der Waals surface area contributed by atoms with Gasteiger partial charge in [-0.2, -0.15) is 0 Å². The molecule has 1 rings (SSSR count). The molecule has 53 heavy (non-hydrogen) atoms. The summed E-state index contributed by atoms with van der Waals surface area (Å²) >= 11 is 0. The molecule has 0 aromatic rings. The normalized spacial score (nSPS) is 25.3. The number of ether oxygens (including phenoxy) is 3. The summed E-state index contributed by atoms with van der Waals surface area (Å²) in [5.74, 6) is -2.92. The molecule has 1 aliphatic rings. The first-order valence-corrected chi connectivity index (χ1v) is 19.3. The van der Waals surface area contributed by atoms with Gasteiger partial charge in [-0.3, -0.25) is 9.59 Å². The summed E-state index contributed by atoms with van der Waals surface area (Å²) in [6.45, 7) is 20.7. The number of hydrogen-bond acceptors (Lipinski definition) is 10. The van der Waals surface area contributed by atoms with Crippen LogP contribution >= 0.6 is 0 Å². The predicted molar refractivity (Wildman–Crippen MR) is 207 cm³/mol. The first-order chi connectivity index (χ1) is 24.6. The van der Waals surface area contributed by atoms with Crippen molar-refractivity contribution >= 4 is 18.0 Å². The van der Waals surface area contributed by atoms with E-state index in [0.29, 0.717) is 13.0 Å². The molecule has 1 fully saturated rings. The molecule has 1 amide bonds. The Hall–Kier alpha value is -2.99. The van der Waals surface area contributed by atoms with E-state index in [1.54, 1.807) is 26.0 Å². The van der Waals surface area contributed by atoms with Crippen LogP contribution in [0.5, 0.6) is 0 Å². The average Bonchev–Trinajstić information content (AvgIpc) is 3.08. The molecule has 11 nitrogen and oxygen atoms in total. The van der Waals surface area contributed by atoms with Crippen LogP contribution in [-0.4, -0.2) is 81.7 Å². The monoisotopic (exact) mass is 750 g/mol. The molecule has 0 aromatic heterocycles. The Bertz CT molecular complexity index is 1250. The van der Waals surface area contributed by atoms with Crippen LogP contribution in [-0.2, 0) is 23.8 Å². The van der Waals surface area contributed by atoms with Crippen LogP contribution in [0.15, 0.2) is 48.1 Å². The molecule has 1 saturated heterocycles. The zero-order valence-corrected chi connectivity index (χ0v) is 34.1. The van der Waals surface area contributed by atoms with E-state index in [9.17, 15) is 34.8 Å². The van der Waals surface area contributed by atoms with Gasteiger partial charge in [0.25, 0.3) is 0 Å². The van der Waals surface area contributed by atoms with Gasteiger partial charge in [-0.05, 0) is 66.2 Å². The fraction of sp³-hybridized carbons (Fsp3) is 0.738. The minimum absolute atomic E-state index is 0.154. The molecule has 0 spiro atoms. The van der Waals surface area contributed by atoms with E-state index < -0.39 is 65.9 Å². The van der Waals surface area contributed by atoms with E-state index in [2.05, 4.69) is 0 Å². The van der Waals surface area contributed by atoms with Crippen molar-refractivity contribution in [2.24, 2.45) is 52.6 Å². The number of hydrogen-bond donors (Lipinski definition) is 5. The van der Waals surface area contributed by atoms with E-state index in [0.717, 1.165) is 24.8 Å². The van der Waals surface area contributed by atoms with E-state index >= 15 is 0 Å². The van der Waals surface area contributed by atoms with Gasteiger partial charge in [-0.1, -0.05) is 89.6 Å². The maximum absolute atomic E-state index is 12.0. The fourth-order valence-electron chi connectivity index (χ4n) is 6.71. The molecule has 0 bridgehead atoms. The van der Waals surface area contributed by atoms with Crippen molar-refractivity contribution in [2.45, 2.75) is 145 Å². The topological polar surface area (TPSA) is 186 Å². The van der Waals surface area contributed by atoms with E-state index in [-0.39, 0.29) is 42.0 Å². The van der Waals surface area contributed by atoms with Crippen LogP contribution in [0.1, 0.15) is 108 Å². The quantitative estimate of drug-likeness (QED) is 0.0288. The van der Waals surface area contributed by atoms with Gasteiger partial charge in [-0.25, -0.2) is 4.79 Å².